The minimum absolute atomic E-state index is 0.0729. The van der Waals surface area contributed by atoms with Gasteiger partial charge in [0.25, 0.3) is 0 Å². The molecule has 1 atom stereocenters. The number of nitrogens with zero attached hydrogens (tertiary/aromatic N) is 9. The maximum atomic E-state index is 14.0. The second-order valence-corrected chi connectivity index (χ2v) is 12.4. The zero-order valence-corrected chi connectivity index (χ0v) is 26.4. The first-order chi connectivity index (χ1) is 23.5. The number of halogens is 1. The van der Waals surface area contributed by atoms with Crippen LogP contribution in [0, 0.1) is 5.82 Å². The van der Waals surface area contributed by atoms with Crippen LogP contribution in [-0.4, -0.2) is 80.7 Å². The SMILES string of the molecule is O=C1CCN(c2ccc(CN3CCN(c4cccc(-c5cnc6ccc(N7CCC[C@@H]7c7cccc(F)c7)nn56)n4)CC3)nc2)C(=O)N1. The summed E-state index contributed by atoms with van der Waals surface area (Å²) < 4.78 is 15.9. The van der Waals surface area contributed by atoms with Crippen molar-refractivity contribution in [3.05, 3.63) is 96.2 Å². The van der Waals surface area contributed by atoms with Gasteiger partial charge in [-0.05, 0) is 66.9 Å². The molecule has 4 aromatic heterocycles. The summed E-state index contributed by atoms with van der Waals surface area (Å²) in [5.74, 6) is 1.27. The molecule has 3 saturated heterocycles. The van der Waals surface area contributed by atoms with E-state index in [4.69, 9.17) is 10.1 Å². The predicted octanol–water partition coefficient (Wildman–Crippen LogP) is 4.44. The maximum Gasteiger partial charge on any atom is 0.328 e. The molecule has 1 N–H and O–H groups in total. The van der Waals surface area contributed by atoms with Crippen molar-refractivity contribution in [1.82, 2.24) is 34.8 Å². The number of urea groups is 1. The molecule has 13 heteroatoms. The van der Waals surface area contributed by atoms with E-state index in [0.29, 0.717) is 18.8 Å². The van der Waals surface area contributed by atoms with Gasteiger partial charge in [0.1, 0.15) is 23.1 Å². The Bertz CT molecular complexity index is 1970. The summed E-state index contributed by atoms with van der Waals surface area (Å²) in [6.45, 7) is 5.27. The Morgan fingerprint density at radius 2 is 1.73 bits per heavy atom. The largest absolute Gasteiger partial charge is 0.354 e. The van der Waals surface area contributed by atoms with Gasteiger partial charge in [-0.2, -0.15) is 0 Å². The summed E-state index contributed by atoms with van der Waals surface area (Å²) in [4.78, 5) is 46.3. The number of benzene rings is 1. The van der Waals surface area contributed by atoms with Crippen molar-refractivity contribution in [1.29, 1.82) is 0 Å². The molecule has 3 aliphatic heterocycles. The number of amides is 3. The molecule has 3 fully saturated rings. The lowest BCUT2D eigenvalue weighted by Gasteiger charge is -2.35. The Morgan fingerprint density at radius 1 is 0.854 bits per heavy atom. The molecule has 1 aromatic carbocycles. The zero-order valence-electron chi connectivity index (χ0n) is 26.4. The van der Waals surface area contributed by atoms with E-state index in [9.17, 15) is 14.0 Å². The predicted molar refractivity (Wildman–Crippen MR) is 179 cm³/mol. The summed E-state index contributed by atoms with van der Waals surface area (Å²) >= 11 is 0. The Morgan fingerprint density at radius 3 is 2.54 bits per heavy atom. The molecule has 12 nitrogen and oxygen atoms in total. The number of fused-ring (bicyclic) bond motifs is 1. The second kappa shape index (κ2) is 12.6. The molecule has 0 spiro atoms. The topological polar surface area (TPSA) is 115 Å². The van der Waals surface area contributed by atoms with E-state index >= 15 is 0 Å². The van der Waals surface area contributed by atoms with Crippen molar-refractivity contribution < 1.29 is 14.0 Å². The molecule has 244 valence electrons. The molecule has 0 unspecified atom stereocenters. The lowest BCUT2D eigenvalue weighted by atomic mass is 10.0. The lowest BCUT2D eigenvalue weighted by molar-refractivity contribution is -0.120. The number of hydrogen-bond donors (Lipinski definition) is 1. The van der Waals surface area contributed by atoms with Gasteiger partial charge >= 0.3 is 6.03 Å². The molecule has 7 heterocycles. The van der Waals surface area contributed by atoms with E-state index in [2.05, 4.69) is 30.0 Å². The normalized spacial score (nSPS) is 18.9. The monoisotopic (exact) mass is 646 g/mol. The second-order valence-electron chi connectivity index (χ2n) is 12.4. The molecular formula is C35H35FN10O2. The zero-order chi connectivity index (χ0) is 32.6. The van der Waals surface area contributed by atoms with E-state index in [0.717, 1.165) is 85.5 Å². The number of pyridine rings is 2. The van der Waals surface area contributed by atoms with Crippen LogP contribution in [0.1, 0.15) is 36.6 Å². The van der Waals surface area contributed by atoms with Gasteiger partial charge in [0.05, 0.1) is 35.5 Å². The van der Waals surface area contributed by atoms with Crippen LogP contribution in [0.2, 0.25) is 0 Å². The summed E-state index contributed by atoms with van der Waals surface area (Å²) in [6, 6.07) is 20.4. The van der Waals surface area contributed by atoms with Gasteiger partial charge in [0, 0.05) is 52.2 Å². The standard InChI is InChI=1S/C35H35FN10O2/c36-25-5-1-4-24(20-25)29-7-3-14-45(29)33-12-11-31-38-22-30(46(31)41-33)28-6-2-8-32(39-28)43-18-16-42(17-19-43)23-26-9-10-27(21-37-26)44-15-13-34(47)40-35(44)48/h1-2,4-6,8-12,20-22,29H,3,7,13-19,23H2,(H,40,47,48)/t29-/m1/s1. The van der Waals surface area contributed by atoms with Gasteiger partial charge in [-0.25, -0.2) is 23.7 Å². The number of hydrogen-bond acceptors (Lipinski definition) is 9. The smallest absolute Gasteiger partial charge is 0.328 e. The van der Waals surface area contributed by atoms with Crippen LogP contribution >= 0.6 is 0 Å². The molecule has 0 radical (unpaired) electrons. The molecule has 0 bridgehead atoms. The highest BCUT2D eigenvalue weighted by Crippen LogP contribution is 2.36. The summed E-state index contributed by atoms with van der Waals surface area (Å²) in [6.07, 6.45) is 5.76. The first-order valence-electron chi connectivity index (χ1n) is 16.4. The molecule has 8 rings (SSSR count). The number of carbonyl (C=O) groups is 2. The number of imidazole rings is 1. The summed E-state index contributed by atoms with van der Waals surface area (Å²) in [5, 5.41) is 7.36. The van der Waals surface area contributed by atoms with Gasteiger partial charge in [-0.15, -0.1) is 5.10 Å². The summed E-state index contributed by atoms with van der Waals surface area (Å²) in [5.41, 5.74) is 4.93. The number of aromatic nitrogens is 5. The lowest BCUT2D eigenvalue weighted by Crippen LogP contribution is -2.49. The molecule has 0 saturated carbocycles. The van der Waals surface area contributed by atoms with Crippen molar-refractivity contribution in [3.8, 4) is 11.4 Å². The van der Waals surface area contributed by atoms with E-state index < -0.39 is 6.03 Å². The van der Waals surface area contributed by atoms with Crippen LogP contribution < -0.4 is 20.0 Å². The van der Waals surface area contributed by atoms with Crippen LogP contribution in [-0.2, 0) is 11.3 Å². The average molecular weight is 647 g/mol. The highest BCUT2D eigenvalue weighted by atomic mass is 19.1. The number of nitrogens with one attached hydrogen (secondary N) is 1. The first kappa shape index (κ1) is 29.9. The molecule has 48 heavy (non-hydrogen) atoms. The molecule has 3 amide bonds. The van der Waals surface area contributed by atoms with Crippen LogP contribution in [0.4, 0.5) is 26.5 Å². The van der Waals surface area contributed by atoms with Gasteiger partial charge in [0.15, 0.2) is 5.65 Å². The van der Waals surface area contributed by atoms with Crippen molar-refractivity contribution in [3.63, 3.8) is 0 Å². The Kier molecular flexibility index (Phi) is 7.88. The molecule has 3 aliphatic rings. The Hall–Kier alpha value is -5.43. The van der Waals surface area contributed by atoms with E-state index in [1.54, 1.807) is 18.3 Å². The van der Waals surface area contributed by atoms with Crippen LogP contribution in [0.5, 0.6) is 0 Å². The number of rotatable bonds is 7. The third kappa shape index (κ3) is 5.92. The van der Waals surface area contributed by atoms with Crippen LogP contribution in [0.15, 0.2) is 79.1 Å². The van der Waals surface area contributed by atoms with E-state index in [-0.39, 0.29) is 24.2 Å². The fourth-order valence-corrected chi connectivity index (χ4v) is 6.88. The van der Waals surface area contributed by atoms with Gasteiger partial charge in [0.2, 0.25) is 5.91 Å². The van der Waals surface area contributed by atoms with E-state index in [1.165, 1.54) is 11.0 Å². The Labute approximate surface area is 276 Å². The fraction of sp³-hybridized carbons (Fsp3) is 0.314. The number of carbonyl (C=O) groups excluding carboxylic acids is 2. The number of imide groups is 1. The highest BCUT2D eigenvalue weighted by molar-refractivity contribution is 6.05. The van der Waals surface area contributed by atoms with Crippen LogP contribution in [0.25, 0.3) is 17.0 Å². The number of piperazine rings is 1. The minimum atomic E-state index is -0.408. The minimum Gasteiger partial charge on any atom is -0.354 e. The Balaban J connectivity index is 0.936. The number of anilines is 3. The van der Waals surface area contributed by atoms with Crippen molar-refractivity contribution >= 4 is 34.9 Å². The third-order valence-corrected chi connectivity index (χ3v) is 9.38. The third-order valence-electron chi connectivity index (χ3n) is 9.38. The molecular weight excluding hydrogens is 611 g/mol. The highest BCUT2D eigenvalue weighted by Gasteiger charge is 2.28. The maximum absolute atomic E-state index is 14.0. The van der Waals surface area contributed by atoms with Crippen molar-refractivity contribution in [2.24, 2.45) is 0 Å². The first-order valence-corrected chi connectivity index (χ1v) is 16.4. The van der Waals surface area contributed by atoms with Crippen LogP contribution in [0.3, 0.4) is 0 Å². The average Bonchev–Trinajstić information content (AvgIpc) is 3.77. The summed E-state index contributed by atoms with van der Waals surface area (Å²) in [7, 11) is 0. The van der Waals surface area contributed by atoms with Gasteiger partial charge in [-0.3, -0.25) is 24.9 Å². The fourth-order valence-electron chi connectivity index (χ4n) is 6.88. The van der Waals surface area contributed by atoms with E-state index in [1.807, 2.05) is 59.2 Å². The molecule has 0 aliphatic carbocycles. The van der Waals surface area contributed by atoms with Crippen molar-refractivity contribution in [2.45, 2.75) is 31.8 Å². The molecule has 5 aromatic rings. The van der Waals surface area contributed by atoms with Gasteiger partial charge < -0.3 is 9.80 Å². The quantitative estimate of drug-likeness (QED) is 0.274. The van der Waals surface area contributed by atoms with Gasteiger partial charge in [-0.1, -0.05) is 18.2 Å². The van der Waals surface area contributed by atoms with Crippen molar-refractivity contribution in [2.75, 3.05) is 54.0 Å².